The first-order valence-electron chi connectivity index (χ1n) is 9.39. The van der Waals surface area contributed by atoms with E-state index in [4.69, 9.17) is 16.6 Å². The van der Waals surface area contributed by atoms with Crippen molar-refractivity contribution in [3.05, 3.63) is 38.3 Å². The van der Waals surface area contributed by atoms with Gasteiger partial charge in [-0.25, -0.2) is 9.97 Å². The first-order valence-corrected chi connectivity index (χ1v) is 11.4. The van der Waals surface area contributed by atoms with Crippen molar-refractivity contribution >= 4 is 67.9 Å². The van der Waals surface area contributed by atoms with Gasteiger partial charge in [-0.15, -0.1) is 23.7 Å². The van der Waals surface area contributed by atoms with Gasteiger partial charge >= 0.3 is 0 Å². The number of nitrogens with zero attached hydrogens (tertiary/aromatic N) is 4. The van der Waals surface area contributed by atoms with Crippen LogP contribution in [-0.4, -0.2) is 47.0 Å². The Labute approximate surface area is 191 Å². The highest BCUT2D eigenvalue weighted by Gasteiger charge is 2.26. The third-order valence-electron chi connectivity index (χ3n) is 4.79. The summed E-state index contributed by atoms with van der Waals surface area (Å²) in [6.07, 6.45) is 0. The van der Waals surface area contributed by atoms with Gasteiger partial charge in [0.1, 0.15) is 4.88 Å². The molecule has 0 saturated heterocycles. The van der Waals surface area contributed by atoms with E-state index in [1.165, 1.54) is 22.7 Å². The minimum absolute atomic E-state index is 0. The highest BCUT2D eigenvalue weighted by molar-refractivity contribution is 7.23. The first kappa shape index (κ1) is 24.0. The number of carbonyl (C=O) groups is 1. The Morgan fingerprint density at radius 1 is 1.07 bits per heavy atom. The standard InChI is InChI=1S/C20H25ClN4OS2.ClH/c1-6-24(7-2)10-11-25(19(26)17-13(4)22-14(5)27-17)20-23-16-12(3)8-9-15(21)18(16)28-20;/h8-9H,6-7,10-11H2,1-5H3;1H. The lowest BCUT2D eigenvalue weighted by Crippen LogP contribution is -2.38. The Balaban J connectivity index is 0.00000300. The Bertz CT molecular complexity index is 959. The second kappa shape index (κ2) is 10.2. The lowest BCUT2D eigenvalue weighted by molar-refractivity contribution is 0.0987. The van der Waals surface area contributed by atoms with E-state index in [0.717, 1.165) is 46.1 Å². The van der Waals surface area contributed by atoms with Crippen LogP contribution in [0.4, 0.5) is 5.13 Å². The van der Waals surface area contributed by atoms with Gasteiger partial charge in [-0.3, -0.25) is 9.69 Å². The topological polar surface area (TPSA) is 49.3 Å². The van der Waals surface area contributed by atoms with Crippen molar-refractivity contribution in [2.75, 3.05) is 31.1 Å². The number of thiazole rings is 2. The summed E-state index contributed by atoms with van der Waals surface area (Å²) in [4.78, 5) is 27.4. The molecule has 0 unspecified atom stereocenters. The quantitative estimate of drug-likeness (QED) is 0.439. The van der Waals surface area contributed by atoms with Gasteiger partial charge in [0.05, 0.1) is 25.9 Å². The summed E-state index contributed by atoms with van der Waals surface area (Å²) in [7, 11) is 0. The van der Waals surface area contributed by atoms with Crippen LogP contribution in [0.2, 0.25) is 5.02 Å². The van der Waals surface area contributed by atoms with Gasteiger partial charge in [-0.2, -0.15) is 0 Å². The molecule has 29 heavy (non-hydrogen) atoms. The van der Waals surface area contributed by atoms with E-state index >= 15 is 0 Å². The van der Waals surface area contributed by atoms with Crippen LogP contribution < -0.4 is 4.90 Å². The number of anilines is 1. The molecule has 0 spiro atoms. The van der Waals surface area contributed by atoms with Gasteiger partial charge in [0.15, 0.2) is 5.13 Å². The molecule has 2 aromatic heterocycles. The van der Waals surface area contributed by atoms with Crippen molar-refractivity contribution in [2.24, 2.45) is 0 Å². The van der Waals surface area contributed by atoms with Gasteiger partial charge in [-0.05, 0) is 45.5 Å². The third-order valence-corrected chi connectivity index (χ3v) is 7.39. The second-order valence-electron chi connectivity index (χ2n) is 6.67. The van der Waals surface area contributed by atoms with Crippen LogP contribution in [0.15, 0.2) is 12.1 Å². The second-order valence-corrected chi connectivity index (χ2v) is 9.26. The van der Waals surface area contributed by atoms with Crippen LogP contribution in [0.3, 0.4) is 0 Å². The van der Waals surface area contributed by atoms with Crippen LogP contribution in [0.25, 0.3) is 10.2 Å². The molecule has 0 aliphatic rings. The predicted molar refractivity (Wildman–Crippen MR) is 128 cm³/mol. The summed E-state index contributed by atoms with van der Waals surface area (Å²) < 4.78 is 0.925. The molecule has 0 bridgehead atoms. The molecule has 0 aliphatic heterocycles. The average Bonchev–Trinajstić information content (AvgIpc) is 3.26. The van der Waals surface area contributed by atoms with Crippen LogP contribution in [0.5, 0.6) is 0 Å². The molecule has 3 aromatic rings. The normalized spacial score (nSPS) is 11.1. The molecule has 0 fully saturated rings. The van der Waals surface area contributed by atoms with Crippen LogP contribution in [0.1, 0.15) is 39.8 Å². The van der Waals surface area contributed by atoms with Gasteiger partial charge < -0.3 is 4.90 Å². The number of hydrogen-bond acceptors (Lipinski definition) is 6. The highest BCUT2D eigenvalue weighted by atomic mass is 35.5. The largest absolute Gasteiger partial charge is 0.302 e. The lowest BCUT2D eigenvalue weighted by atomic mass is 10.2. The number of halogens is 2. The van der Waals surface area contributed by atoms with Crippen molar-refractivity contribution in [1.29, 1.82) is 0 Å². The Morgan fingerprint density at radius 3 is 2.31 bits per heavy atom. The number of aromatic nitrogens is 2. The SMILES string of the molecule is CCN(CC)CCN(C(=O)c1sc(C)nc1C)c1nc2c(C)ccc(Cl)c2s1.Cl. The molecule has 0 aliphatic carbocycles. The molecule has 0 saturated carbocycles. The molecule has 5 nitrogen and oxygen atoms in total. The Kier molecular flexibility index (Phi) is 8.43. The number of aryl methyl sites for hydroxylation is 3. The summed E-state index contributed by atoms with van der Waals surface area (Å²) in [5.41, 5.74) is 2.70. The van der Waals surface area contributed by atoms with Crippen LogP contribution in [0, 0.1) is 20.8 Å². The molecule has 0 N–H and O–H groups in total. The molecule has 2 heterocycles. The minimum Gasteiger partial charge on any atom is -0.302 e. The molecular formula is C20H26Cl2N4OS2. The van der Waals surface area contributed by atoms with Crippen molar-refractivity contribution in [2.45, 2.75) is 34.6 Å². The zero-order valence-electron chi connectivity index (χ0n) is 17.3. The number of hydrogen-bond donors (Lipinski definition) is 0. The Hall–Kier alpha value is -1.25. The van der Waals surface area contributed by atoms with Gasteiger partial charge in [0.25, 0.3) is 5.91 Å². The van der Waals surface area contributed by atoms with Gasteiger partial charge in [-0.1, -0.05) is 42.9 Å². The molecule has 9 heteroatoms. The van der Waals surface area contributed by atoms with Crippen molar-refractivity contribution in [3.63, 3.8) is 0 Å². The Morgan fingerprint density at radius 2 is 1.76 bits per heavy atom. The fourth-order valence-corrected chi connectivity index (χ4v) is 5.33. The molecule has 158 valence electrons. The number of benzene rings is 1. The molecule has 0 atom stereocenters. The van der Waals surface area contributed by atoms with E-state index in [1.54, 1.807) is 4.90 Å². The summed E-state index contributed by atoms with van der Waals surface area (Å²) in [6, 6.07) is 3.85. The molecule has 1 aromatic carbocycles. The number of rotatable bonds is 7. The fraction of sp³-hybridized carbons (Fsp3) is 0.450. The van der Waals surface area contributed by atoms with E-state index in [1.807, 2.05) is 32.9 Å². The zero-order valence-corrected chi connectivity index (χ0v) is 20.5. The fourth-order valence-electron chi connectivity index (χ4n) is 3.12. The van der Waals surface area contributed by atoms with E-state index < -0.39 is 0 Å². The molecule has 1 amide bonds. The van der Waals surface area contributed by atoms with E-state index in [-0.39, 0.29) is 18.3 Å². The summed E-state index contributed by atoms with van der Waals surface area (Å²) >= 11 is 9.31. The van der Waals surface area contributed by atoms with Crippen LogP contribution >= 0.6 is 46.7 Å². The van der Waals surface area contributed by atoms with Crippen molar-refractivity contribution < 1.29 is 4.79 Å². The van der Waals surface area contributed by atoms with E-state index in [0.29, 0.717) is 21.6 Å². The van der Waals surface area contributed by atoms with Gasteiger partial charge in [0, 0.05) is 13.1 Å². The predicted octanol–water partition coefficient (Wildman–Crippen LogP) is 5.74. The van der Waals surface area contributed by atoms with Crippen molar-refractivity contribution in [3.8, 4) is 0 Å². The van der Waals surface area contributed by atoms with Crippen molar-refractivity contribution in [1.82, 2.24) is 14.9 Å². The monoisotopic (exact) mass is 472 g/mol. The maximum atomic E-state index is 13.4. The average molecular weight is 473 g/mol. The molecule has 3 rings (SSSR count). The molecule has 0 radical (unpaired) electrons. The maximum absolute atomic E-state index is 13.4. The third kappa shape index (κ3) is 5.09. The maximum Gasteiger partial charge on any atom is 0.272 e. The van der Waals surface area contributed by atoms with Gasteiger partial charge in [0.2, 0.25) is 0 Å². The van der Waals surface area contributed by atoms with Crippen LogP contribution in [-0.2, 0) is 0 Å². The smallest absolute Gasteiger partial charge is 0.272 e. The number of likely N-dealkylation sites (N-methyl/N-ethyl adjacent to an activating group) is 1. The summed E-state index contributed by atoms with van der Waals surface area (Å²) in [5, 5.41) is 2.26. The first-order chi connectivity index (χ1) is 13.3. The lowest BCUT2D eigenvalue weighted by Gasteiger charge is -2.24. The number of fused-ring (bicyclic) bond motifs is 1. The molecular weight excluding hydrogens is 447 g/mol. The zero-order chi connectivity index (χ0) is 20.4. The summed E-state index contributed by atoms with van der Waals surface area (Å²) in [6.45, 7) is 13.4. The minimum atomic E-state index is -0.0388. The number of amides is 1. The van der Waals surface area contributed by atoms with E-state index in [2.05, 4.69) is 23.7 Å². The highest BCUT2D eigenvalue weighted by Crippen LogP contribution is 2.36. The summed E-state index contributed by atoms with van der Waals surface area (Å²) in [5.74, 6) is -0.0388. The number of carbonyl (C=O) groups excluding carboxylic acids is 1. The van der Waals surface area contributed by atoms with E-state index in [9.17, 15) is 4.79 Å².